The number of amides is 1. The lowest BCUT2D eigenvalue weighted by Gasteiger charge is -2.08. The second-order valence-corrected chi connectivity index (χ2v) is 7.76. The third-order valence-electron chi connectivity index (χ3n) is 4.41. The third-order valence-corrected chi connectivity index (χ3v) is 5.23. The van der Waals surface area contributed by atoms with Gasteiger partial charge in [0, 0.05) is 21.2 Å². The molecule has 1 amide bonds. The molecule has 0 aliphatic carbocycles. The molecule has 0 aliphatic heterocycles. The van der Waals surface area contributed by atoms with Crippen LogP contribution in [0.15, 0.2) is 71.8 Å². The van der Waals surface area contributed by atoms with Crippen molar-refractivity contribution in [2.24, 2.45) is 5.10 Å². The lowest BCUT2D eigenvalue weighted by molar-refractivity contribution is -0.121. The van der Waals surface area contributed by atoms with Gasteiger partial charge in [0.05, 0.1) is 22.3 Å². The maximum Gasteiger partial charge on any atom is 0.260 e. The van der Waals surface area contributed by atoms with Crippen LogP contribution in [0.4, 0.5) is 0 Å². The molecule has 4 aromatic rings. The number of nitrogens with one attached hydrogen (secondary N) is 1. The minimum absolute atomic E-state index is 0.0458. The van der Waals surface area contributed by atoms with Crippen molar-refractivity contribution in [1.29, 1.82) is 0 Å². The SMILES string of the molecule is O=C(Cn1c(-c2ccc(Cl)cc2)nc2ccccc21)N/N=C\c1ccc(Cl)cc1Cl. The Kier molecular flexibility index (Phi) is 6.04. The van der Waals surface area contributed by atoms with Gasteiger partial charge in [-0.15, -0.1) is 0 Å². The van der Waals surface area contributed by atoms with Gasteiger partial charge in [0.1, 0.15) is 12.4 Å². The molecule has 5 nitrogen and oxygen atoms in total. The second kappa shape index (κ2) is 8.88. The molecule has 1 heterocycles. The number of carbonyl (C=O) groups excluding carboxylic acids is 1. The molecule has 0 spiro atoms. The number of hydrogen-bond donors (Lipinski definition) is 1. The summed E-state index contributed by atoms with van der Waals surface area (Å²) in [5, 5.41) is 5.62. The standard InChI is InChI=1S/C22H15Cl3N4O/c23-16-8-5-14(6-9-16)22-27-19-3-1-2-4-20(19)29(22)13-21(30)28-26-12-15-7-10-17(24)11-18(15)25/h1-12H,13H2,(H,28,30)/b26-12-. The van der Waals surface area contributed by atoms with Crippen LogP contribution in [-0.4, -0.2) is 21.7 Å². The topological polar surface area (TPSA) is 59.3 Å². The summed E-state index contributed by atoms with van der Waals surface area (Å²) in [4.78, 5) is 17.3. The molecule has 0 saturated heterocycles. The Labute approximate surface area is 187 Å². The Morgan fingerprint density at radius 3 is 2.50 bits per heavy atom. The van der Waals surface area contributed by atoms with Gasteiger partial charge in [-0.3, -0.25) is 4.79 Å². The number of nitrogens with zero attached hydrogens (tertiary/aromatic N) is 3. The molecule has 0 bridgehead atoms. The molecule has 0 radical (unpaired) electrons. The normalized spacial score (nSPS) is 11.3. The molecule has 30 heavy (non-hydrogen) atoms. The van der Waals surface area contributed by atoms with Gasteiger partial charge in [0.15, 0.2) is 0 Å². The van der Waals surface area contributed by atoms with E-state index in [4.69, 9.17) is 34.8 Å². The monoisotopic (exact) mass is 456 g/mol. The van der Waals surface area contributed by atoms with Gasteiger partial charge in [-0.1, -0.05) is 53.0 Å². The first-order chi connectivity index (χ1) is 14.5. The molecule has 1 aromatic heterocycles. The minimum Gasteiger partial charge on any atom is -0.314 e. The van der Waals surface area contributed by atoms with Gasteiger partial charge in [-0.25, -0.2) is 10.4 Å². The molecular weight excluding hydrogens is 443 g/mol. The summed E-state index contributed by atoms with van der Waals surface area (Å²) < 4.78 is 1.85. The van der Waals surface area contributed by atoms with E-state index in [-0.39, 0.29) is 12.5 Å². The Hall–Kier alpha value is -2.86. The van der Waals surface area contributed by atoms with Crippen LogP contribution in [0.3, 0.4) is 0 Å². The van der Waals surface area contributed by atoms with Gasteiger partial charge >= 0.3 is 0 Å². The number of rotatable bonds is 5. The minimum atomic E-state index is -0.297. The van der Waals surface area contributed by atoms with Crippen molar-refractivity contribution < 1.29 is 4.79 Å². The van der Waals surface area contributed by atoms with Gasteiger partial charge in [-0.2, -0.15) is 5.10 Å². The zero-order valence-corrected chi connectivity index (χ0v) is 17.8. The molecule has 150 valence electrons. The van der Waals surface area contributed by atoms with Crippen molar-refractivity contribution in [1.82, 2.24) is 15.0 Å². The van der Waals surface area contributed by atoms with Crippen molar-refractivity contribution in [3.63, 3.8) is 0 Å². The molecule has 0 unspecified atom stereocenters. The van der Waals surface area contributed by atoms with E-state index >= 15 is 0 Å². The largest absolute Gasteiger partial charge is 0.314 e. The van der Waals surface area contributed by atoms with Gasteiger partial charge < -0.3 is 4.57 Å². The molecule has 4 rings (SSSR count). The Bertz CT molecular complexity index is 1250. The number of fused-ring (bicyclic) bond motifs is 1. The quantitative estimate of drug-likeness (QED) is 0.303. The second-order valence-electron chi connectivity index (χ2n) is 6.48. The van der Waals surface area contributed by atoms with E-state index in [9.17, 15) is 4.79 Å². The molecular formula is C22H15Cl3N4O. The number of halogens is 3. The third kappa shape index (κ3) is 4.49. The maximum absolute atomic E-state index is 12.6. The number of benzene rings is 3. The van der Waals surface area contributed by atoms with E-state index in [0.717, 1.165) is 16.6 Å². The number of aromatic nitrogens is 2. The van der Waals surface area contributed by atoms with Gasteiger partial charge in [0.25, 0.3) is 5.91 Å². The lowest BCUT2D eigenvalue weighted by atomic mass is 10.2. The lowest BCUT2D eigenvalue weighted by Crippen LogP contribution is -2.23. The van der Waals surface area contributed by atoms with Crippen LogP contribution in [0.25, 0.3) is 22.4 Å². The number of hydrogen-bond acceptors (Lipinski definition) is 3. The predicted molar refractivity (Wildman–Crippen MR) is 122 cm³/mol. The van der Waals surface area contributed by atoms with Crippen molar-refractivity contribution >= 4 is 58.0 Å². The van der Waals surface area contributed by atoms with Crippen molar-refractivity contribution in [2.45, 2.75) is 6.54 Å². The molecule has 1 N–H and O–H groups in total. The van der Waals surface area contributed by atoms with Crippen LogP contribution >= 0.6 is 34.8 Å². The Balaban J connectivity index is 1.58. The summed E-state index contributed by atoms with van der Waals surface area (Å²) in [5.41, 5.74) is 5.69. The van der Waals surface area contributed by atoms with Crippen LogP contribution in [-0.2, 0) is 11.3 Å². The van der Waals surface area contributed by atoms with Crippen LogP contribution in [0, 0.1) is 0 Å². The summed E-state index contributed by atoms with van der Waals surface area (Å²) >= 11 is 18.0. The predicted octanol–water partition coefficient (Wildman–Crippen LogP) is 5.81. The Morgan fingerprint density at radius 2 is 1.73 bits per heavy atom. The fourth-order valence-corrected chi connectivity index (χ4v) is 3.60. The summed E-state index contributed by atoms with van der Waals surface area (Å²) in [5.74, 6) is 0.377. The number of carbonyl (C=O) groups is 1. The summed E-state index contributed by atoms with van der Waals surface area (Å²) in [7, 11) is 0. The van der Waals surface area contributed by atoms with Crippen LogP contribution in [0.5, 0.6) is 0 Å². The van der Waals surface area contributed by atoms with Crippen molar-refractivity contribution in [2.75, 3.05) is 0 Å². The molecule has 0 saturated carbocycles. The first-order valence-corrected chi connectivity index (χ1v) is 10.1. The summed E-state index contributed by atoms with van der Waals surface area (Å²) in [6.45, 7) is 0.0458. The molecule has 0 fully saturated rings. The van der Waals surface area contributed by atoms with E-state index in [1.807, 2.05) is 41.0 Å². The van der Waals surface area contributed by atoms with Crippen LogP contribution < -0.4 is 5.43 Å². The highest BCUT2D eigenvalue weighted by Crippen LogP contribution is 2.26. The van der Waals surface area contributed by atoms with Crippen LogP contribution in [0.2, 0.25) is 15.1 Å². The first kappa shape index (κ1) is 20.4. The zero-order chi connectivity index (χ0) is 21.1. The Morgan fingerprint density at radius 1 is 1.00 bits per heavy atom. The molecule has 8 heteroatoms. The van der Waals surface area contributed by atoms with Crippen molar-refractivity contribution in [3.05, 3.63) is 87.4 Å². The highest BCUT2D eigenvalue weighted by atomic mass is 35.5. The summed E-state index contributed by atoms with van der Waals surface area (Å²) in [6.07, 6.45) is 1.47. The number of imidazole rings is 1. The van der Waals surface area contributed by atoms with E-state index in [1.54, 1.807) is 30.3 Å². The number of hydrazone groups is 1. The zero-order valence-electron chi connectivity index (χ0n) is 15.5. The summed E-state index contributed by atoms with van der Waals surface area (Å²) in [6, 6.07) is 20.0. The fourth-order valence-electron chi connectivity index (χ4n) is 3.01. The average molecular weight is 458 g/mol. The van der Waals surface area contributed by atoms with Crippen LogP contribution in [0.1, 0.15) is 5.56 Å². The highest BCUT2D eigenvalue weighted by Gasteiger charge is 2.15. The van der Waals surface area contributed by atoms with Gasteiger partial charge in [-0.05, 0) is 48.5 Å². The maximum atomic E-state index is 12.6. The molecule has 0 atom stereocenters. The molecule has 3 aromatic carbocycles. The van der Waals surface area contributed by atoms with E-state index in [0.29, 0.717) is 26.5 Å². The molecule has 0 aliphatic rings. The highest BCUT2D eigenvalue weighted by molar-refractivity contribution is 6.36. The van der Waals surface area contributed by atoms with Crippen molar-refractivity contribution in [3.8, 4) is 11.4 Å². The van der Waals surface area contributed by atoms with E-state index in [1.165, 1.54) is 6.21 Å². The smallest absolute Gasteiger partial charge is 0.260 e. The first-order valence-electron chi connectivity index (χ1n) is 8.99. The van der Waals surface area contributed by atoms with Gasteiger partial charge in [0.2, 0.25) is 0 Å². The van der Waals surface area contributed by atoms with E-state index in [2.05, 4.69) is 15.5 Å². The van der Waals surface area contributed by atoms with E-state index < -0.39 is 0 Å². The average Bonchev–Trinajstić information content (AvgIpc) is 3.09. The number of para-hydroxylation sites is 2. The fraction of sp³-hybridized carbons (Fsp3) is 0.0455.